The van der Waals surface area contributed by atoms with Crippen molar-refractivity contribution >= 4 is 28.8 Å². The van der Waals surface area contributed by atoms with Crippen molar-refractivity contribution in [2.45, 2.75) is 6.92 Å². The molecule has 0 amide bonds. The van der Waals surface area contributed by atoms with Crippen LogP contribution in [0.3, 0.4) is 0 Å². The third-order valence-electron chi connectivity index (χ3n) is 3.54. The summed E-state index contributed by atoms with van der Waals surface area (Å²) in [5, 5.41) is 10.7. The zero-order valence-corrected chi connectivity index (χ0v) is 12.5. The molecule has 108 valence electrons. The molecule has 0 spiro atoms. The summed E-state index contributed by atoms with van der Waals surface area (Å²) >= 11 is 0. The number of fused-ring (bicyclic) bond motifs is 1. The zero-order chi connectivity index (χ0) is 15.5. The molecular weight excluding hydrogens is 270 g/mol. The summed E-state index contributed by atoms with van der Waals surface area (Å²) in [7, 11) is 0. The largest absolute Gasteiger partial charge is 0.508 e. The van der Waals surface area contributed by atoms with E-state index in [2.05, 4.69) is 35.8 Å². The van der Waals surface area contributed by atoms with Crippen LogP contribution in [0.15, 0.2) is 61.2 Å². The molecule has 0 atom stereocenters. The van der Waals surface area contributed by atoms with Crippen LogP contribution in [0.2, 0.25) is 0 Å². The molecule has 3 aromatic rings. The Morgan fingerprint density at radius 3 is 2.45 bits per heavy atom. The fourth-order valence-corrected chi connectivity index (χ4v) is 2.47. The second-order valence-electron chi connectivity index (χ2n) is 5.28. The highest BCUT2D eigenvalue weighted by Crippen LogP contribution is 2.24. The number of aromatic nitrogens is 1. The van der Waals surface area contributed by atoms with E-state index in [9.17, 15) is 5.11 Å². The van der Waals surface area contributed by atoms with Crippen LogP contribution in [0.5, 0.6) is 0 Å². The second kappa shape index (κ2) is 5.86. The molecule has 0 fully saturated rings. The molecule has 1 aromatic heterocycles. The topological polar surface area (TPSA) is 33.1 Å². The number of rotatable bonds is 3. The van der Waals surface area contributed by atoms with Gasteiger partial charge >= 0.3 is 0 Å². The normalized spacial score (nSPS) is 11.1. The van der Waals surface area contributed by atoms with Crippen molar-refractivity contribution in [3.05, 3.63) is 83.6 Å². The molecule has 1 N–H and O–H groups in total. The van der Waals surface area contributed by atoms with Gasteiger partial charge in [-0.1, -0.05) is 55.1 Å². The summed E-state index contributed by atoms with van der Waals surface area (Å²) in [5.41, 5.74) is 4.67. The fraction of sp³-hybridized carbons (Fsp3) is 0.0500. The number of hydrogen-bond donors (Lipinski definition) is 1. The van der Waals surface area contributed by atoms with Gasteiger partial charge in [0.15, 0.2) is 0 Å². The Hall–Kier alpha value is -2.87. The van der Waals surface area contributed by atoms with Gasteiger partial charge in [-0.3, -0.25) is 4.98 Å². The SMILES string of the molecule is C=C(O)c1cc(C)nc2ccc(/C=C/c3ccccc3)cc12. The average Bonchev–Trinajstić information content (AvgIpc) is 2.53. The lowest BCUT2D eigenvalue weighted by Gasteiger charge is -2.07. The minimum Gasteiger partial charge on any atom is -0.508 e. The maximum absolute atomic E-state index is 9.80. The van der Waals surface area contributed by atoms with Crippen molar-refractivity contribution in [2.24, 2.45) is 0 Å². The minimum atomic E-state index is 0.0692. The third kappa shape index (κ3) is 2.91. The quantitative estimate of drug-likeness (QED) is 0.527. The van der Waals surface area contributed by atoms with Crippen molar-refractivity contribution in [1.82, 2.24) is 4.98 Å². The molecule has 22 heavy (non-hydrogen) atoms. The molecule has 0 bridgehead atoms. The Morgan fingerprint density at radius 2 is 1.73 bits per heavy atom. The first-order chi connectivity index (χ1) is 10.6. The van der Waals surface area contributed by atoms with Gasteiger partial charge < -0.3 is 5.11 Å². The smallest absolute Gasteiger partial charge is 0.116 e. The van der Waals surface area contributed by atoms with E-state index in [1.165, 1.54) is 0 Å². The maximum atomic E-state index is 9.80. The fourth-order valence-electron chi connectivity index (χ4n) is 2.47. The monoisotopic (exact) mass is 287 g/mol. The van der Waals surface area contributed by atoms with Gasteiger partial charge in [0.1, 0.15) is 5.76 Å². The van der Waals surface area contributed by atoms with E-state index >= 15 is 0 Å². The van der Waals surface area contributed by atoms with Gasteiger partial charge in [0.25, 0.3) is 0 Å². The predicted octanol–water partition coefficient (Wildman–Crippen LogP) is 5.24. The molecule has 0 unspecified atom stereocenters. The number of aryl methyl sites for hydroxylation is 1. The molecule has 2 heteroatoms. The van der Waals surface area contributed by atoms with Gasteiger partial charge in [0.05, 0.1) is 5.52 Å². The molecule has 0 aliphatic rings. The number of benzene rings is 2. The lowest BCUT2D eigenvalue weighted by molar-refractivity contribution is 0.514. The molecule has 0 aliphatic carbocycles. The van der Waals surface area contributed by atoms with Gasteiger partial charge in [-0.15, -0.1) is 0 Å². The van der Waals surface area contributed by atoms with E-state index in [0.717, 1.165) is 33.3 Å². The van der Waals surface area contributed by atoms with E-state index in [1.54, 1.807) is 0 Å². The number of nitrogens with zero attached hydrogens (tertiary/aromatic N) is 1. The van der Waals surface area contributed by atoms with Crippen LogP contribution >= 0.6 is 0 Å². The van der Waals surface area contributed by atoms with E-state index in [0.29, 0.717) is 0 Å². The third-order valence-corrected chi connectivity index (χ3v) is 3.54. The van der Waals surface area contributed by atoms with E-state index < -0.39 is 0 Å². The van der Waals surface area contributed by atoms with E-state index in [1.807, 2.05) is 49.4 Å². The van der Waals surface area contributed by atoms with Gasteiger partial charge in [-0.05, 0) is 36.2 Å². The number of hydrogen-bond acceptors (Lipinski definition) is 2. The van der Waals surface area contributed by atoms with E-state index in [4.69, 9.17) is 0 Å². The summed E-state index contributed by atoms with van der Waals surface area (Å²) in [6.07, 6.45) is 4.12. The van der Waals surface area contributed by atoms with Crippen LogP contribution in [0.4, 0.5) is 0 Å². The Balaban J connectivity index is 2.06. The molecular formula is C20H17NO. The van der Waals surface area contributed by atoms with E-state index in [-0.39, 0.29) is 5.76 Å². The van der Waals surface area contributed by atoms with Crippen molar-refractivity contribution in [1.29, 1.82) is 0 Å². The minimum absolute atomic E-state index is 0.0692. The van der Waals surface area contributed by atoms with Crippen molar-refractivity contribution in [3.8, 4) is 0 Å². The molecule has 3 rings (SSSR count). The maximum Gasteiger partial charge on any atom is 0.116 e. The standard InChI is InChI=1S/C20H17NO/c1-14-12-18(15(2)22)19-13-17(10-11-20(19)21-14)9-8-16-6-4-3-5-7-16/h3-13,22H,2H2,1H3/b9-8+. The number of pyridine rings is 1. The molecule has 0 saturated carbocycles. The van der Waals surface area contributed by atoms with Crippen LogP contribution in [0, 0.1) is 6.92 Å². The Bertz CT molecular complexity index is 864. The summed E-state index contributed by atoms with van der Waals surface area (Å²) in [6, 6.07) is 18.0. The van der Waals surface area contributed by atoms with Crippen LogP contribution in [0.1, 0.15) is 22.4 Å². The summed E-state index contributed by atoms with van der Waals surface area (Å²) in [5.74, 6) is 0.0692. The van der Waals surface area contributed by atoms with Gasteiger partial charge in [0.2, 0.25) is 0 Å². The Labute approximate surface area is 130 Å². The van der Waals surface area contributed by atoms with Crippen LogP contribution in [-0.4, -0.2) is 10.1 Å². The summed E-state index contributed by atoms with van der Waals surface area (Å²) in [4.78, 5) is 4.50. The molecule has 2 aromatic carbocycles. The lowest BCUT2D eigenvalue weighted by Crippen LogP contribution is -1.91. The highest BCUT2D eigenvalue weighted by molar-refractivity contribution is 5.91. The van der Waals surface area contributed by atoms with Gasteiger partial charge in [-0.25, -0.2) is 0 Å². The number of aliphatic hydroxyl groups is 1. The van der Waals surface area contributed by atoms with Gasteiger partial charge in [0, 0.05) is 16.6 Å². The molecule has 0 saturated heterocycles. The van der Waals surface area contributed by atoms with Crippen molar-refractivity contribution < 1.29 is 5.11 Å². The van der Waals surface area contributed by atoms with Crippen molar-refractivity contribution in [2.75, 3.05) is 0 Å². The van der Waals surface area contributed by atoms with Crippen LogP contribution in [0.25, 0.3) is 28.8 Å². The van der Waals surface area contributed by atoms with Crippen LogP contribution in [-0.2, 0) is 0 Å². The van der Waals surface area contributed by atoms with Gasteiger partial charge in [-0.2, -0.15) is 0 Å². The van der Waals surface area contributed by atoms with Crippen LogP contribution < -0.4 is 0 Å². The van der Waals surface area contributed by atoms with Crippen molar-refractivity contribution in [3.63, 3.8) is 0 Å². The molecule has 0 aliphatic heterocycles. The first-order valence-electron chi connectivity index (χ1n) is 7.16. The molecule has 1 heterocycles. The second-order valence-corrected chi connectivity index (χ2v) is 5.28. The zero-order valence-electron chi connectivity index (χ0n) is 12.5. The first-order valence-corrected chi connectivity index (χ1v) is 7.16. The number of aliphatic hydroxyl groups excluding tert-OH is 1. The summed E-state index contributed by atoms with van der Waals surface area (Å²) in [6.45, 7) is 5.56. The summed E-state index contributed by atoms with van der Waals surface area (Å²) < 4.78 is 0. The first kappa shape index (κ1) is 14.1. The Kier molecular flexibility index (Phi) is 3.75. The Morgan fingerprint density at radius 1 is 1.00 bits per heavy atom. The highest BCUT2D eigenvalue weighted by atomic mass is 16.3. The highest BCUT2D eigenvalue weighted by Gasteiger charge is 2.06. The predicted molar refractivity (Wildman–Crippen MR) is 93.5 cm³/mol. The average molecular weight is 287 g/mol. The molecule has 0 radical (unpaired) electrons. The lowest BCUT2D eigenvalue weighted by atomic mass is 10.0. The molecule has 2 nitrogen and oxygen atoms in total.